The number of nitrogens with zero attached hydrogens (tertiary/aromatic N) is 2. The topological polar surface area (TPSA) is 98.2 Å². The third kappa shape index (κ3) is 8.48. The molecule has 1 atom stereocenters. The van der Waals surface area contributed by atoms with Crippen molar-refractivity contribution < 1.29 is 24.6 Å². The minimum atomic E-state index is -1.82. The van der Waals surface area contributed by atoms with Gasteiger partial charge in [0, 0.05) is 26.2 Å². The Bertz CT molecular complexity index is 972. The lowest BCUT2D eigenvalue weighted by atomic mass is 9.89. The van der Waals surface area contributed by atoms with Gasteiger partial charge in [0.25, 0.3) is 0 Å². The van der Waals surface area contributed by atoms with Gasteiger partial charge in [-0.1, -0.05) is 61.5 Å². The second-order valence-corrected chi connectivity index (χ2v) is 9.81. The molecule has 2 aliphatic heterocycles. The van der Waals surface area contributed by atoms with Crippen LogP contribution in [0.1, 0.15) is 49.3 Å². The van der Waals surface area contributed by atoms with Gasteiger partial charge in [0.1, 0.15) is 0 Å². The maximum atomic E-state index is 13.2. The average Bonchev–Trinajstić information content (AvgIpc) is 2.90. The zero-order valence-electron chi connectivity index (χ0n) is 21.1. The van der Waals surface area contributed by atoms with Crippen LogP contribution in [0.15, 0.2) is 54.6 Å². The predicted molar refractivity (Wildman–Crippen MR) is 139 cm³/mol. The summed E-state index contributed by atoms with van der Waals surface area (Å²) in [6.45, 7) is 7.06. The number of carboxylic acids is 2. The van der Waals surface area contributed by atoms with Crippen LogP contribution in [0, 0.1) is 11.8 Å². The largest absolute Gasteiger partial charge is 0.473 e. The minimum absolute atomic E-state index is 0.180. The molecule has 2 aliphatic rings. The van der Waals surface area contributed by atoms with Gasteiger partial charge < -0.3 is 15.1 Å². The van der Waals surface area contributed by atoms with Gasteiger partial charge in [-0.15, -0.1) is 0 Å². The van der Waals surface area contributed by atoms with E-state index in [9.17, 15) is 4.79 Å². The van der Waals surface area contributed by atoms with Crippen LogP contribution in [0.3, 0.4) is 0 Å². The van der Waals surface area contributed by atoms with Crippen LogP contribution in [0.2, 0.25) is 0 Å². The van der Waals surface area contributed by atoms with Crippen LogP contribution >= 0.6 is 0 Å². The summed E-state index contributed by atoms with van der Waals surface area (Å²) >= 11 is 0. The molecule has 1 unspecified atom stereocenters. The Kier molecular flexibility index (Phi) is 10.5. The van der Waals surface area contributed by atoms with Gasteiger partial charge in [-0.05, 0) is 67.7 Å². The SMILES string of the molecule is CCc1ccc(CN2CCCC(C(=O)N3CCC(Cc4ccccc4)CC3)C2)cc1.O=C(O)C(=O)O. The molecule has 0 radical (unpaired) electrons. The fourth-order valence-corrected chi connectivity index (χ4v) is 5.10. The van der Waals surface area contributed by atoms with Crippen molar-refractivity contribution in [1.29, 1.82) is 0 Å². The van der Waals surface area contributed by atoms with Gasteiger partial charge in [-0.3, -0.25) is 9.69 Å². The molecule has 0 bridgehead atoms. The highest BCUT2D eigenvalue weighted by molar-refractivity contribution is 6.27. The molecule has 36 heavy (non-hydrogen) atoms. The monoisotopic (exact) mass is 494 g/mol. The summed E-state index contributed by atoms with van der Waals surface area (Å²) < 4.78 is 0. The van der Waals surface area contributed by atoms with E-state index in [1.807, 2.05) is 0 Å². The van der Waals surface area contributed by atoms with Gasteiger partial charge in [-0.2, -0.15) is 0 Å². The number of hydrogen-bond acceptors (Lipinski definition) is 4. The molecule has 0 spiro atoms. The Hall–Kier alpha value is -3.19. The zero-order valence-corrected chi connectivity index (χ0v) is 21.1. The quantitative estimate of drug-likeness (QED) is 0.587. The first-order valence-electron chi connectivity index (χ1n) is 12.9. The van der Waals surface area contributed by atoms with E-state index in [4.69, 9.17) is 19.8 Å². The second kappa shape index (κ2) is 13.8. The minimum Gasteiger partial charge on any atom is -0.473 e. The first kappa shape index (κ1) is 27.4. The lowest BCUT2D eigenvalue weighted by Crippen LogP contribution is -2.47. The lowest BCUT2D eigenvalue weighted by Gasteiger charge is -2.38. The number of carboxylic acid groups (broad SMARTS) is 2. The number of rotatable bonds is 6. The van der Waals surface area contributed by atoms with Crippen LogP contribution in [0.4, 0.5) is 0 Å². The van der Waals surface area contributed by atoms with Crippen molar-refractivity contribution >= 4 is 17.8 Å². The summed E-state index contributed by atoms with van der Waals surface area (Å²) in [4.78, 5) is 36.0. The van der Waals surface area contributed by atoms with Crippen molar-refractivity contribution in [2.24, 2.45) is 11.8 Å². The van der Waals surface area contributed by atoms with Crippen molar-refractivity contribution in [3.05, 3.63) is 71.3 Å². The molecule has 0 aromatic heterocycles. The maximum absolute atomic E-state index is 13.2. The van der Waals surface area contributed by atoms with Crippen molar-refractivity contribution in [1.82, 2.24) is 9.80 Å². The number of carbonyl (C=O) groups is 3. The molecule has 7 heteroatoms. The average molecular weight is 495 g/mol. The lowest BCUT2D eigenvalue weighted by molar-refractivity contribution is -0.159. The Labute approximate surface area is 213 Å². The fraction of sp³-hybridized carbons (Fsp3) is 0.483. The molecule has 2 saturated heterocycles. The fourth-order valence-electron chi connectivity index (χ4n) is 5.10. The highest BCUT2D eigenvalue weighted by Crippen LogP contribution is 2.26. The van der Waals surface area contributed by atoms with Crippen LogP contribution in [0.5, 0.6) is 0 Å². The Morgan fingerprint density at radius 3 is 2.00 bits per heavy atom. The summed E-state index contributed by atoms with van der Waals surface area (Å²) in [6.07, 6.45) is 6.70. The summed E-state index contributed by atoms with van der Waals surface area (Å²) in [6, 6.07) is 19.8. The van der Waals surface area contributed by atoms with Crippen LogP contribution < -0.4 is 0 Å². The standard InChI is InChI=1S/C27H36N2O.C2H2O4/c1-2-22-10-12-25(13-11-22)20-28-16-6-9-26(21-28)27(30)29-17-14-24(15-18-29)19-23-7-4-3-5-8-23;3-1(4)2(5)6/h3-5,7-8,10-13,24,26H,2,6,9,14-21H2,1H3;(H,3,4)(H,5,6). The molecular weight excluding hydrogens is 456 g/mol. The molecule has 4 rings (SSSR count). The summed E-state index contributed by atoms with van der Waals surface area (Å²) in [5.74, 6) is -2.35. The summed E-state index contributed by atoms with van der Waals surface area (Å²) in [5, 5.41) is 14.8. The van der Waals surface area contributed by atoms with Gasteiger partial charge >= 0.3 is 11.9 Å². The van der Waals surface area contributed by atoms with E-state index in [1.54, 1.807) is 0 Å². The molecule has 1 amide bonds. The molecule has 7 nitrogen and oxygen atoms in total. The van der Waals surface area contributed by atoms with Crippen LogP contribution in [-0.4, -0.2) is 64.0 Å². The third-order valence-corrected chi connectivity index (χ3v) is 7.17. The first-order chi connectivity index (χ1) is 17.4. The molecule has 0 saturated carbocycles. The maximum Gasteiger partial charge on any atom is 0.414 e. The van der Waals surface area contributed by atoms with Crippen molar-refractivity contribution in [3.8, 4) is 0 Å². The Morgan fingerprint density at radius 2 is 1.42 bits per heavy atom. The van der Waals surface area contributed by atoms with E-state index in [2.05, 4.69) is 71.3 Å². The number of likely N-dealkylation sites (tertiary alicyclic amines) is 2. The molecule has 2 fully saturated rings. The zero-order chi connectivity index (χ0) is 25.9. The van der Waals surface area contributed by atoms with E-state index < -0.39 is 11.9 Å². The number of hydrogen-bond donors (Lipinski definition) is 2. The predicted octanol–water partition coefficient (Wildman–Crippen LogP) is 4.10. The van der Waals surface area contributed by atoms with Crippen LogP contribution in [0.25, 0.3) is 0 Å². The van der Waals surface area contributed by atoms with Gasteiger partial charge in [0.15, 0.2) is 0 Å². The smallest absolute Gasteiger partial charge is 0.414 e. The highest BCUT2D eigenvalue weighted by atomic mass is 16.4. The van der Waals surface area contributed by atoms with Crippen molar-refractivity contribution in [3.63, 3.8) is 0 Å². The summed E-state index contributed by atoms with van der Waals surface area (Å²) in [5.41, 5.74) is 4.18. The van der Waals surface area contributed by atoms with Gasteiger partial charge in [0.2, 0.25) is 5.91 Å². The van der Waals surface area contributed by atoms with Crippen LogP contribution in [-0.2, 0) is 33.8 Å². The number of piperidine rings is 2. The molecule has 2 aromatic carbocycles. The normalized spacial score (nSPS) is 18.7. The van der Waals surface area contributed by atoms with Gasteiger partial charge in [0.05, 0.1) is 5.92 Å². The Balaban J connectivity index is 0.000000538. The van der Waals surface area contributed by atoms with E-state index in [0.29, 0.717) is 11.8 Å². The van der Waals surface area contributed by atoms with Gasteiger partial charge in [-0.25, -0.2) is 9.59 Å². The molecule has 2 aromatic rings. The number of carbonyl (C=O) groups excluding carboxylic acids is 1. The molecule has 0 aliphatic carbocycles. The molecule has 2 N–H and O–H groups in total. The van der Waals surface area contributed by atoms with E-state index >= 15 is 0 Å². The number of benzene rings is 2. The first-order valence-corrected chi connectivity index (χ1v) is 12.9. The molecule has 194 valence electrons. The molecular formula is C29H38N2O5. The highest BCUT2D eigenvalue weighted by Gasteiger charge is 2.31. The number of aryl methyl sites for hydroxylation is 1. The van der Waals surface area contributed by atoms with E-state index in [-0.39, 0.29) is 5.92 Å². The second-order valence-electron chi connectivity index (χ2n) is 9.81. The van der Waals surface area contributed by atoms with Crippen molar-refractivity contribution in [2.75, 3.05) is 26.2 Å². The van der Waals surface area contributed by atoms with Crippen molar-refractivity contribution in [2.45, 2.75) is 52.0 Å². The van der Waals surface area contributed by atoms with E-state index in [0.717, 1.165) is 71.2 Å². The summed E-state index contributed by atoms with van der Waals surface area (Å²) in [7, 11) is 0. The number of amides is 1. The third-order valence-electron chi connectivity index (χ3n) is 7.17. The Morgan fingerprint density at radius 1 is 0.806 bits per heavy atom. The number of aliphatic carboxylic acids is 2. The molecule has 2 heterocycles. The van der Waals surface area contributed by atoms with E-state index in [1.165, 1.54) is 16.7 Å².